The molecule has 2 aromatic heterocycles. The summed E-state index contributed by atoms with van der Waals surface area (Å²) in [6.07, 6.45) is 1.69. The van der Waals surface area contributed by atoms with Gasteiger partial charge >= 0.3 is 11.9 Å². The predicted octanol–water partition coefficient (Wildman–Crippen LogP) is 2.86. The maximum absolute atomic E-state index is 12.7. The van der Waals surface area contributed by atoms with E-state index in [2.05, 4.69) is 4.98 Å². The van der Waals surface area contributed by atoms with Crippen LogP contribution < -0.4 is 5.56 Å². The number of carbonyl (C=O) groups excluding carboxylic acids is 2. The van der Waals surface area contributed by atoms with Crippen LogP contribution in [0, 0.1) is 6.92 Å². The molecule has 28 heavy (non-hydrogen) atoms. The van der Waals surface area contributed by atoms with Crippen LogP contribution in [0.2, 0.25) is 0 Å². The Balaban J connectivity index is 1.58. The molecule has 3 aromatic rings. The molecule has 7 nitrogen and oxygen atoms in total. The minimum atomic E-state index is -0.506. The van der Waals surface area contributed by atoms with E-state index < -0.39 is 11.9 Å². The van der Waals surface area contributed by atoms with Gasteiger partial charge in [0.1, 0.15) is 22.1 Å². The van der Waals surface area contributed by atoms with Crippen LogP contribution in [0.4, 0.5) is 0 Å². The second kappa shape index (κ2) is 7.20. The third kappa shape index (κ3) is 3.09. The minimum Gasteiger partial charge on any atom is -0.465 e. The molecular weight excluding hydrogens is 380 g/mol. The lowest BCUT2D eigenvalue weighted by Gasteiger charge is -2.06. The van der Waals surface area contributed by atoms with Crippen molar-refractivity contribution in [2.75, 3.05) is 7.11 Å². The largest absolute Gasteiger partial charge is 0.465 e. The van der Waals surface area contributed by atoms with Crippen LogP contribution in [0.3, 0.4) is 0 Å². The minimum absolute atomic E-state index is 0.0142. The first-order valence-electron chi connectivity index (χ1n) is 8.86. The summed E-state index contributed by atoms with van der Waals surface area (Å²) in [5.41, 5.74) is 1.58. The summed E-state index contributed by atoms with van der Waals surface area (Å²) >= 11 is 1.19. The molecule has 0 atom stereocenters. The van der Waals surface area contributed by atoms with Gasteiger partial charge in [0.05, 0.1) is 18.1 Å². The Morgan fingerprint density at radius 3 is 2.89 bits per heavy atom. The molecule has 1 aromatic carbocycles. The summed E-state index contributed by atoms with van der Waals surface area (Å²) in [5, 5.41) is 0.496. The highest BCUT2D eigenvalue weighted by atomic mass is 32.1. The van der Waals surface area contributed by atoms with E-state index in [0.29, 0.717) is 38.3 Å². The lowest BCUT2D eigenvalue weighted by Crippen LogP contribution is -2.20. The average molecular weight is 398 g/mol. The Bertz CT molecular complexity index is 1160. The van der Waals surface area contributed by atoms with Crippen molar-refractivity contribution in [3.05, 3.63) is 62.0 Å². The quantitative estimate of drug-likeness (QED) is 0.628. The number of fused-ring (bicyclic) bond motifs is 2. The first kappa shape index (κ1) is 18.4. The highest BCUT2D eigenvalue weighted by molar-refractivity contribution is 7.20. The molecule has 3 heterocycles. The fourth-order valence-corrected chi connectivity index (χ4v) is 4.47. The average Bonchev–Trinajstić information content (AvgIpc) is 3.31. The molecule has 0 saturated heterocycles. The third-order valence-electron chi connectivity index (χ3n) is 4.81. The van der Waals surface area contributed by atoms with Gasteiger partial charge in [0.15, 0.2) is 0 Å². The van der Waals surface area contributed by atoms with Crippen molar-refractivity contribution in [2.24, 2.45) is 0 Å². The van der Waals surface area contributed by atoms with Crippen molar-refractivity contribution in [1.82, 2.24) is 9.55 Å². The van der Waals surface area contributed by atoms with Crippen LogP contribution in [0.1, 0.15) is 43.4 Å². The van der Waals surface area contributed by atoms with Gasteiger partial charge in [-0.25, -0.2) is 14.6 Å². The van der Waals surface area contributed by atoms with Crippen LogP contribution in [-0.2, 0) is 29.0 Å². The van der Waals surface area contributed by atoms with Crippen molar-refractivity contribution in [1.29, 1.82) is 0 Å². The number of benzene rings is 1. The van der Waals surface area contributed by atoms with Gasteiger partial charge in [-0.3, -0.25) is 9.36 Å². The van der Waals surface area contributed by atoms with Crippen molar-refractivity contribution < 1.29 is 19.1 Å². The zero-order chi connectivity index (χ0) is 19.8. The summed E-state index contributed by atoms with van der Waals surface area (Å²) in [7, 11) is 1.31. The van der Waals surface area contributed by atoms with Gasteiger partial charge in [0.25, 0.3) is 5.56 Å². The van der Waals surface area contributed by atoms with Crippen LogP contribution in [0.15, 0.2) is 29.1 Å². The van der Waals surface area contributed by atoms with Crippen molar-refractivity contribution in [2.45, 2.75) is 32.9 Å². The Hall–Kier alpha value is -3.00. The second-order valence-electron chi connectivity index (χ2n) is 6.59. The van der Waals surface area contributed by atoms with Gasteiger partial charge in [-0.15, -0.1) is 11.3 Å². The molecule has 0 radical (unpaired) electrons. The van der Waals surface area contributed by atoms with E-state index in [1.54, 1.807) is 35.8 Å². The van der Waals surface area contributed by atoms with E-state index in [0.717, 1.165) is 18.7 Å². The first-order valence-corrected chi connectivity index (χ1v) is 9.68. The number of esters is 2. The van der Waals surface area contributed by atoms with Gasteiger partial charge in [0.2, 0.25) is 0 Å². The molecule has 0 N–H and O–H groups in total. The molecule has 0 saturated carbocycles. The number of rotatable bonds is 4. The Morgan fingerprint density at radius 2 is 2.11 bits per heavy atom. The molecule has 0 unspecified atom stereocenters. The number of thiophene rings is 1. The molecule has 0 spiro atoms. The Labute approximate surface area is 164 Å². The number of aryl methyl sites for hydroxylation is 2. The monoisotopic (exact) mass is 398 g/mol. The van der Waals surface area contributed by atoms with E-state index in [4.69, 9.17) is 9.47 Å². The molecule has 4 rings (SSSR count). The summed E-state index contributed by atoms with van der Waals surface area (Å²) in [6.45, 7) is 2.43. The standard InChI is InChI=1S/C20H18N2O5S/c1-11-15-17(21-14-7-4-8-22(14)18(15)23)28-16(11)20(25)27-10-12-5-3-6-13(9-12)19(24)26-2/h3,5-6,9H,4,7-8,10H2,1-2H3. The fourth-order valence-electron chi connectivity index (χ4n) is 3.39. The van der Waals surface area contributed by atoms with Gasteiger partial charge in [-0.2, -0.15) is 0 Å². The Morgan fingerprint density at radius 1 is 1.29 bits per heavy atom. The molecule has 0 aliphatic carbocycles. The van der Waals surface area contributed by atoms with E-state index in [1.807, 2.05) is 0 Å². The maximum atomic E-state index is 12.7. The van der Waals surface area contributed by atoms with E-state index >= 15 is 0 Å². The molecule has 144 valence electrons. The van der Waals surface area contributed by atoms with E-state index in [-0.39, 0.29) is 12.2 Å². The zero-order valence-electron chi connectivity index (χ0n) is 15.5. The summed E-state index contributed by atoms with van der Waals surface area (Å²) < 4.78 is 11.8. The normalized spacial score (nSPS) is 12.8. The lowest BCUT2D eigenvalue weighted by atomic mass is 10.1. The van der Waals surface area contributed by atoms with Gasteiger partial charge in [-0.1, -0.05) is 12.1 Å². The molecule has 0 amide bonds. The topological polar surface area (TPSA) is 87.5 Å². The molecule has 0 bridgehead atoms. The second-order valence-corrected chi connectivity index (χ2v) is 7.59. The van der Waals surface area contributed by atoms with Crippen LogP contribution in [-0.4, -0.2) is 28.6 Å². The molecular formula is C20H18N2O5S. The van der Waals surface area contributed by atoms with E-state index in [9.17, 15) is 14.4 Å². The van der Waals surface area contributed by atoms with Crippen LogP contribution in [0.5, 0.6) is 0 Å². The first-order chi connectivity index (χ1) is 13.5. The number of nitrogens with zero attached hydrogens (tertiary/aromatic N) is 2. The molecule has 8 heteroatoms. The highest BCUT2D eigenvalue weighted by Crippen LogP contribution is 2.29. The summed E-state index contributed by atoms with van der Waals surface area (Å²) in [6, 6.07) is 6.71. The lowest BCUT2D eigenvalue weighted by molar-refractivity contribution is 0.0478. The third-order valence-corrected chi connectivity index (χ3v) is 5.98. The van der Waals surface area contributed by atoms with Crippen molar-refractivity contribution in [3.8, 4) is 0 Å². The molecule has 1 aliphatic heterocycles. The van der Waals surface area contributed by atoms with Crippen molar-refractivity contribution >= 4 is 33.5 Å². The predicted molar refractivity (Wildman–Crippen MR) is 104 cm³/mol. The molecule has 0 fully saturated rings. The van der Waals surface area contributed by atoms with Gasteiger partial charge in [0, 0.05) is 13.0 Å². The smallest absolute Gasteiger partial charge is 0.349 e. The van der Waals surface area contributed by atoms with Gasteiger partial charge in [-0.05, 0) is 36.6 Å². The SMILES string of the molecule is COC(=O)c1cccc(COC(=O)c2sc3nc4n(c(=O)c3c2C)CCC4)c1. The van der Waals surface area contributed by atoms with Crippen molar-refractivity contribution in [3.63, 3.8) is 0 Å². The van der Waals surface area contributed by atoms with Gasteiger partial charge < -0.3 is 9.47 Å². The highest BCUT2D eigenvalue weighted by Gasteiger charge is 2.24. The summed E-state index contributed by atoms with van der Waals surface area (Å²) in [5.74, 6) is -0.181. The Kier molecular flexibility index (Phi) is 4.72. The number of methoxy groups -OCH3 is 1. The fraction of sp³-hybridized carbons (Fsp3) is 0.300. The maximum Gasteiger partial charge on any atom is 0.349 e. The van der Waals surface area contributed by atoms with Crippen LogP contribution >= 0.6 is 11.3 Å². The number of aromatic nitrogens is 2. The van der Waals surface area contributed by atoms with E-state index in [1.165, 1.54) is 18.4 Å². The number of ether oxygens (including phenoxy) is 2. The van der Waals surface area contributed by atoms with Crippen LogP contribution in [0.25, 0.3) is 10.2 Å². The zero-order valence-corrected chi connectivity index (χ0v) is 16.3. The molecule has 1 aliphatic rings. The number of hydrogen-bond donors (Lipinski definition) is 0. The summed E-state index contributed by atoms with van der Waals surface area (Å²) in [4.78, 5) is 42.5. The number of carbonyl (C=O) groups is 2. The number of hydrogen-bond acceptors (Lipinski definition) is 7.